The van der Waals surface area contributed by atoms with Crippen molar-refractivity contribution in [3.63, 3.8) is 0 Å². The van der Waals surface area contributed by atoms with E-state index in [0.29, 0.717) is 25.9 Å². The number of hydrogen-bond acceptors (Lipinski definition) is 4. The number of pyridine rings is 1. The van der Waals surface area contributed by atoms with Crippen molar-refractivity contribution in [2.75, 3.05) is 13.1 Å². The summed E-state index contributed by atoms with van der Waals surface area (Å²) in [6.45, 7) is 2.15. The van der Waals surface area contributed by atoms with Gasteiger partial charge in [-0.15, -0.1) is 0 Å². The molecule has 0 amide bonds. The van der Waals surface area contributed by atoms with Gasteiger partial charge in [0.25, 0.3) is 0 Å². The molecule has 1 aromatic heterocycles. The van der Waals surface area contributed by atoms with Gasteiger partial charge in [0.15, 0.2) is 0 Å². The molecule has 0 aliphatic carbocycles. The standard InChI is InChI=1S/C12H14N4/c13-5-2-8-16(9-3-6-14)11-12-4-1-7-15-10-12/h1,4,7,10H,2-3,8-9,11H2. The molecule has 0 atom stereocenters. The maximum Gasteiger partial charge on any atom is 0.0635 e. The lowest BCUT2D eigenvalue weighted by Crippen LogP contribution is -2.25. The fourth-order valence-electron chi connectivity index (χ4n) is 1.44. The van der Waals surface area contributed by atoms with Crippen LogP contribution in [0.5, 0.6) is 0 Å². The van der Waals surface area contributed by atoms with Gasteiger partial charge in [0.05, 0.1) is 12.1 Å². The van der Waals surface area contributed by atoms with Gasteiger partial charge in [-0.2, -0.15) is 10.5 Å². The molecule has 0 aromatic carbocycles. The van der Waals surface area contributed by atoms with Crippen LogP contribution in [0.25, 0.3) is 0 Å². The van der Waals surface area contributed by atoms with Crippen molar-refractivity contribution in [2.45, 2.75) is 19.4 Å². The summed E-state index contributed by atoms with van der Waals surface area (Å²) in [7, 11) is 0. The Morgan fingerprint density at radius 3 is 2.38 bits per heavy atom. The lowest BCUT2D eigenvalue weighted by atomic mass is 10.2. The number of hydrogen-bond donors (Lipinski definition) is 0. The summed E-state index contributed by atoms with van der Waals surface area (Å²) >= 11 is 0. The van der Waals surface area contributed by atoms with E-state index in [1.54, 1.807) is 6.20 Å². The minimum Gasteiger partial charge on any atom is -0.297 e. The molecule has 4 nitrogen and oxygen atoms in total. The number of nitrogens with zero attached hydrogens (tertiary/aromatic N) is 4. The van der Waals surface area contributed by atoms with Gasteiger partial charge in [0.1, 0.15) is 0 Å². The fourth-order valence-corrected chi connectivity index (χ4v) is 1.44. The second-order valence-electron chi connectivity index (χ2n) is 3.45. The van der Waals surface area contributed by atoms with Gasteiger partial charge in [0, 0.05) is 44.9 Å². The zero-order chi connectivity index (χ0) is 11.6. The first-order chi connectivity index (χ1) is 7.86. The Hall–Kier alpha value is -1.91. The molecule has 0 unspecified atom stereocenters. The van der Waals surface area contributed by atoms with Crippen molar-refractivity contribution in [1.82, 2.24) is 9.88 Å². The molecule has 0 N–H and O–H groups in total. The first-order valence-electron chi connectivity index (χ1n) is 5.22. The topological polar surface area (TPSA) is 63.7 Å². The molecule has 82 valence electrons. The highest BCUT2D eigenvalue weighted by molar-refractivity contribution is 5.08. The Morgan fingerprint density at radius 2 is 1.88 bits per heavy atom. The van der Waals surface area contributed by atoms with Crippen molar-refractivity contribution < 1.29 is 0 Å². The van der Waals surface area contributed by atoms with Gasteiger partial charge in [-0.05, 0) is 11.6 Å². The second kappa shape index (κ2) is 7.39. The van der Waals surface area contributed by atoms with Crippen molar-refractivity contribution in [2.24, 2.45) is 0 Å². The Morgan fingerprint density at radius 1 is 1.19 bits per heavy atom. The summed E-state index contributed by atoms with van der Waals surface area (Å²) in [6.07, 6.45) is 4.53. The lowest BCUT2D eigenvalue weighted by molar-refractivity contribution is 0.277. The monoisotopic (exact) mass is 214 g/mol. The van der Waals surface area contributed by atoms with Gasteiger partial charge in [-0.1, -0.05) is 6.07 Å². The lowest BCUT2D eigenvalue weighted by Gasteiger charge is -2.19. The molecule has 16 heavy (non-hydrogen) atoms. The number of nitriles is 2. The van der Waals surface area contributed by atoms with Crippen LogP contribution in [0.15, 0.2) is 24.5 Å². The summed E-state index contributed by atoms with van der Waals surface area (Å²) in [5.41, 5.74) is 1.11. The van der Waals surface area contributed by atoms with E-state index in [1.807, 2.05) is 18.3 Å². The van der Waals surface area contributed by atoms with Crippen LogP contribution in [-0.4, -0.2) is 23.0 Å². The molecule has 1 rings (SSSR count). The minimum absolute atomic E-state index is 0.492. The van der Waals surface area contributed by atoms with Gasteiger partial charge < -0.3 is 0 Å². The molecule has 1 heterocycles. The predicted molar refractivity (Wildman–Crippen MR) is 60.0 cm³/mol. The van der Waals surface area contributed by atoms with Crippen LogP contribution in [-0.2, 0) is 6.54 Å². The van der Waals surface area contributed by atoms with Crippen molar-refractivity contribution >= 4 is 0 Å². The normalized spacial score (nSPS) is 9.69. The third kappa shape index (κ3) is 4.54. The maximum atomic E-state index is 8.55. The first kappa shape index (κ1) is 12.2. The van der Waals surface area contributed by atoms with Crippen molar-refractivity contribution in [3.8, 4) is 12.1 Å². The molecule has 0 aliphatic heterocycles. The fraction of sp³-hybridized carbons (Fsp3) is 0.417. The molecule has 1 aromatic rings. The summed E-state index contributed by atoms with van der Waals surface area (Å²) in [5.74, 6) is 0. The molecular weight excluding hydrogens is 200 g/mol. The smallest absolute Gasteiger partial charge is 0.0635 e. The van der Waals surface area contributed by atoms with Crippen LogP contribution < -0.4 is 0 Å². The summed E-state index contributed by atoms with van der Waals surface area (Å²) in [6, 6.07) is 8.13. The van der Waals surface area contributed by atoms with Gasteiger partial charge >= 0.3 is 0 Å². The number of aromatic nitrogens is 1. The molecule has 0 spiro atoms. The molecule has 4 heteroatoms. The van der Waals surface area contributed by atoms with E-state index >= 15 is 0 Å². The quantitative estimate of drug-likeness (QED) is 0.723. The first-order valence-corrected chi connectivity index (χ1v) is 5.22. The van der Waals surface area contributed by atoms with Crippen molar-refractivity contribution in [3.05, 3.63) is 30.1 Å². The Labute approximate surface area is 95.8 Å². The summed E-state index contributed by atoms with van der Waals surface area (Å²) in [4.78, 5) is 6.14. The van der Waals surface area contributed by atoms with E-state index in [4.69, 9.17) is 10.5 Å². The highest BCUT2D eigenvalue weighted by Gasteiger charge is 2.05. The van der Waals surface area contributed by atoms with Gasteiger partial charge in [-0.25, -0.2) is 0 Å². The zero-order valence-electron chi connectivity index (χ0n) is 9.13. The van der Waals surface area contributed by atoms with E-state index in [-0.39, 0.29) is 0 Å². The highest BCUT2D eigenvalue weighted by Crippen LogP contribution is 2.04. The predicted octanol–water partition coefficient (Wildman–Crippen LogP) is 1.71. The van der Waals surface area contributed by atoms with Crippen LogP contribution >= 0.6 is 0 Å². The average molecular weight is 214 g/mol. The second-order valence-corrected chi connectivity index (χ2v) is 3.45. The number of rotatable bonds is 6. The molecule has 0 fully saturated rings. The van der Waals surface area contributed by atoms with Crippen LogP contribution in [0, 0.1) is 22.7 Å². The summed E-state index contributed by atoms with van der Waals surface area (Å²) in [5, 5.41) is 17.1. The Balaban J connectivity index is 2.50. The minimum atomic E-state index is 0.492. The van der Waals surface area contributed by atoms with E-state index in [1.165, 1.54) is 0 Å². The Bertz CT molecular complexity index is 356. The van der Waals surface area contributed by atoms with E-state index in [9.17, 15) is 0 Å². The highest BCUT2D eigenvalue weighted by atomic mass is 15.1. The maximum absolute atomic E-state index is 8.55. The molecule has 0 saturated carbocycles. The molecular formula is C12H14N4. The SMILES string of the molecule is N#CCCN(CCC#N)Cc1cccnc1. The molecule has 0 radical (unpaired) electrons. The van der Waals surface area contributed by atoms with Crippen LogP contribution in [0.1, 0.15) is 18.4 Å². The average Bonchev–Trinajstić information content (AvgIpc) is 2.34. The van der Waals surface area contributed by atoms with E-state index in [2.05, 4.69) is 22.0 Å². The van der Waals surface area contributed by atoms with Gasteiger partial charge in [0.2, 0.25) is 0 Å². The third-order valence-corrected chi connectivity index (χ3v) is 2.21. The largest absolute Gasteiger partial charge is 0.297 e. The Kier molecular flexibility index (Phi) is 5.62. The van der Waals surface area contributed by atoms with Crippen LogP contribution in [0.2, 0.25) is 0 Å². The summed E-state index contributed by atoms with van der Waals surface area (Å²) < 4.78 is 0. The van der Waals surface area contributed by atoms with Crippen molar-refractivity contribution in [1.29, 1.82) is 10.5 Å². The van der Waals surface area contributed by atoms with E-state index < -0.39 is 0 Å². The van der Waals surface area contributed by atoms with Gasteiger partial charge in [-0.3, -0.25) is 9.88 Å². The molecule has 0 saturated heterocycles. The molecule has 0 aliphatic rings. The van der Waals surface area contributed by atoms with E-state index in [0.717, 1.165) is 12.1 Å². The zero-order valence-corrected chi connectivity index (χ0v) is 9.13. The third-order valence-electron chi connectivity index (χ3n) is 2.21. The van der Waals surface area contributed by atoms with Crippen LogP contribution in [0.3, 0.4) is 0 Å². The molecule has 0 bridgehead atoms. The van der Waals surface area contributed by atoms with Crippen LogP contribution in [0.4, 0.5) is 0 Å².